The largest absolute Gasteiger partial charge is 0.481 e. The van der Waals surface area contributed by atoms with E-state index in [0.717, 1.165) is 61.8 Å². The fourth-order valence-corrected chi connectivity index (χ4v) is 5.12. The van der Waals surface area contributed by atoms with Gasteiger partial charge in [0.05, 0.1) is 5.39 Å². The predicted octanol–water partition coefficient (Wildman–Crippen LogP) is 3.74. The van der Waals surface area contributed by atoms with Crippen molar-refractivity contribution in [2.75, 3.05) is 5.73 Å². The maximum absolute atomic E-state index is 12.3. The number of carbonyl (C=O) groups is 3. The summed E-state index contributed by atoms with van der Waals surface area (Å²) in [5, 5.41) is 20.9. The van der Waals surface area contributed by atoms with Crippen LogP contribution in [0.3, 0.4) is 0 Å². The smallest absolute Gasteiger partial charge is 0.326 e. The van der Waals surface area contributed by atoms with Crippen LogP contribution in [0, 0.1) is 0 Å². The first kappa shape index (κ1) is 27.9. The number of hydrogen-bond donors (Lipinski definition) is 5. The number of carbonyl (C=O) groups excluding carboxylic acids is 1. The first-order valence-corrected chi connectivity index (χ1v) is 13.2. The van der Waals surface area contributed by atoms with E-state index in [1.807, 2.05) is 18.2 Å². The molecule has 2 aromatic heterocycles. The first-order valence-electron chi connectivity index (χ1n) is 12.4. The van der Waals surface area contributed by atoms with E-state index in [1.165, 1.54) is 11.3 Å². The predicted molar refractivity (Wildman–Crippen MR) is 142 cm³/mol. The SMILES string of the molecule is Nc1nc2sc(CCCCCCCCc3ccc(C(=O)N[C@@H](CCC(=O)O)C(=O)O)cc3)cc2c(=O)[nH]1. The molecule has 0 unspecified atom stereocenters. The molecule has 3 aromatic rings. The Morgan fingerprint density at radius 3 is 2.30 bits per heavy atom. The average molecular weight is 529 g/mol. The molecule has 1 amide bonds. The van der Waals surface area contributed by atoms with Gasteiger partial charge in [0, 0.05) is 16.9 Å². The number of aromatic nitrogens is 2. The fraction of sp³-hybridized carbons (Fsp3) is 0.423. The normalized spacial score (nSPS) is 11.9. The summed E-state index contributed by atoms with van der Waals surface area (Å²) in [6, 6.07) is 7.71. The second-order valence-electron chi connectivity index (χ2n) is 9.00. The van der Waals surface area contributed by atoms with E-state index in [9.17, 15) is 24.3 Å². The highest BCUT2D eigenvalue weighted by molar-refractivity contribution is 7.18. The number of hydrogen-bond acceptors (Lipinski definition) is 7. The van der Waals surface area contributed by atoms with E-state index in [2.05, 4.69) is 15.3 Å². The molecule has 0 radical (unpaired) electrons. The first-order chi connectivity index (χ1) is 17.7. The average Bonchev–Trinajstić information content (AvgIpc) is 3.26. The molecule has 0 saturated heterocycles. The lowest BCUT2D eigenvalue weighted by molar-refractivity contribution is -0.140. The number of nitrogens with zero attached hydrogens (tertiary/aromatic N) is 1. The minimum absolute atomic E-state index is 0.145. The number of anilines is 1. The molecule has 11 heteroatoms. The molecule has 37 heavy (non-hydrogen) atoms. The Morgan fingerprint density at radius 2 is 1.65 bits per heavy atom. The van der Waals surface area contributed by atoms with Crippen LogP contribution in [0.4, 0.5) is 5.95 Å². The highest BCUT2D eigenvalue weighted by Crippen LogP contribution is 2.23. The molecular weight excluding hydrogens is 496 g/mol. The van der Waals surface area contributed by atoms with Gasteiger partial charge >= 0.3 is 11.9 Å². The van der Waals surface area contributed by atoms with Gasteiger partial charge in [0.2, 0.25) is 5.95 Å². The van der Waals surface area contributed by atoms with Crippen LogP contribution in [0.1, 0.15) is 72.2 Å². The van der Waals surface area contributed by atoms with Crippen LogP contribution in [0.25, 0.3) is 10.2 Å². The van der Waals surface area contributed by atoms with Crippen molar-refractivity contribution in [3.05, 3.63) is 56.7 Å². The summed E-state index contributed by atoms with van der Waals surface area (Å²) >= 11 is 1.52. The molecule has 2 heterocycles. The van der Waals surface area contributed by atoms with Crippen molar-refractivity contribution in [1.82, 2.24) is 15.3 Å². The fourth-order valence-electron chi connectivity index (χ4n) is 4.05. The number of unbranched alkanes of at least 4 members (excludes halogenated alkanes) is 5. The Balaban J connectivity index is 1.31. The standard InChI is InChI=1S/C26H32N4O6S/c27-26-29-23(34)19-15-18(37-24(19)30-26)8-6-4-2-1-3-5-7-16-9-11-17(12-10-16)22(33)28-20(25(35)36)13-14-21(31)32/h9-12,15,20H,1-8,13-14H2,(H,28,33)(H,31,32)(H,35,36)(H3,27,29,30,34)/t20-/m0/s1. The van der Waals surface area contributed by atoms with Crippen molar-refractivity contribution in [3.8, 4) is 0 Å². The zero-order chi connectivity index (χ0) is 26.8. The third-order valence-electron chi connectivity index (χ3n) is 6.08. The molecule has 0 aliphatic heterocycles. The number of nitrogen functional groups attached to an aromatic ring is 1. The quantitative estimate of drug-likeness (QED) is 0.185. The van der Waals surface area contributed by atoms with E-state index < -0.39 is 23.9 Å². The highest BCUT2D eigenvalue weighted by atomic mass is 32.1. The summed E-state index contributed by atoms with van der Waals surface area (Å²) in [4.78, 5) is 54.7. The number of H-pyrrole nitrogens is 1. The molecule has 0 saturated carbocycles. The Hall–Kier alpha value is -3.73. The molecule has 0 aliphatic carbocycles. The summed E-state index contributed by atoms with van der Waals surface area (Å²) in [5.74, 6) is -2.76. The number of benzene rings is 1. The number of rotatable bonds is 15. The molecule has 0 aliphatic rings. The third kappa shape index (κ3) is 8.71. The molecule has 3 rings (SSSR count). The van der Waals surface area contributed by atoms with Crippen LogP contribution in [0.5, 0.6) is 0 Å². The van der Waals surface area contributed by atoms with Crippen molar-refractivity contribution in [3.63, 3.8) is 0 Å². The molecule has 0 fully saturated rings. The number of thiophene rings is 1. The summed E-state index contributed by atoms with van der Waals surface area (Å²) in [6.07, 6.45) is 7.90. The van der Waals surface area contributed by atoms with Crippen LogP contribution in [0.2, 0.25) is 0 Å². The number of fused-ring (bicyclic) bond motifs is 1. The third-order valence-corrected chi connectivity index (χ3v) is 7.17. The molecule has 0 bridgehead atoms. The van der Waals surface area contributed by atoms with Crippen LogP contribution in [0.15, 0.2) is 35.1 Å². The summed E-state index contributed by atoms with van der Waals surface area (Å²) in [5.41, 5.74) is 6.85. The van der Waals surface area contributed by atoms with E-state index >= 15 is 0 Å². The van der Waals surface area contributed by atoms with Crippen molar-refractivity contribution in [2.24, 2.45) is 0 Å². The van der Waals surface area contributed by atoms with Gasteiger partial charge < -0.3 is 21.3 Å². The molecule has 198 valence electrons. The monoisotopic (exact) mass is 528 g/mol. The van der Waals surface area contributed by atoms with Crippen molar-refractivity contribution in [2.45, 2.75) is 70.3 Å². The van der Waals surface area contributed by atoms with Gasteiger partial charge in [-0.25, -0.2) is 9.78 Å². The molecule has 10 nitrogen and oxygen atoms in total. The van der Waals surface area contributed by atoms with E-state index in [0.29, 0.717) is 15.8 Å². The van der Waals surface area contributed by atoms with Crippen LogP contribution < -0.4 is 16.6 Å². The zero-order valence-corrected chi connectivity index (χ0v) is 21.3. The van der Waals surface area contributed by atoms with Crippen molar-refractivity contribution < 1.29 is 24.6 Å². The molecular formula is C26H32N4O6S. The number of nitrogens with one attached hydrogen (secondary N) is 2. The number of carboxylic acid groups (broad SMARTS) is 2. The highest BCUT2D eigenvalue weighted by Gasteiger charge is 2.21. The Bertz CT molecular complexity index is 1280. The van der Waals surface area contributed by atoms with Gasteiger partial charge in [-0.1, -0.05) is 37.8 Å². The number of amides is 1. The second kappa shape index (κ2) is 13.5. The summed E-state index contributed by atoms with van der Waals surface area (Å²) in [7, 11) is 0. The van der Waals surface area contributed by atoms with Crippen LogP contribution in [-0.2, 0) is 22.4 Å². The van der Waals surface area contributed by atoms with E-state index in [4.69, 9.17) is 10.8 Å². The van der Waals surface area contributed by atoms with E-state index in [-0.39, 0.29) is 24.3 Å². The number of aliphatic carboxylic acids is 2. The number of carboxylic acids is 2. The lowest BCUT2D eigenvalue weighted by Crippen LogP contribution is -2.41. The van der Waals surface area contributed by atoms with Gasteiger partial charge in [-0.2, -0.15) is 0 Å². The Kier molecular flexibility index (Phi) is 10.2. The Morgan fingerprint density at radius 1 is 1.00 bits per heavy atom. The molecule has 1 aromatic carbocycles. The molecule has 1 atom stereocenters. The van der Waals surface area contributed by atoms with E-state index in [1.54, 1.807) is 12.1 Å². The Labute approximate surface area is 217 Å². The maximum atomic E-state index is 12.3. The van der Waals surface area contributed by atoms with Crippen molar-refractivity contribution in [1.29, 1.82) is 0 Å². The maximum Gasteiger partial charge on any atom is 0.326 e. The van der Waals surface area contributed by atoms with Gasteiger partial charge in [0.25, 0.3) is 11.5 Å². The lowest BCUT2D eigenvalue weighted by atomic mass is 10.0. The van der Waals surface area contributed by atoms with Gasteiger partial charge in [0.1, 0.15) is 10.9 Å². The van der Waals surface area contributed by atoms with Gasteiger partial charge in [-0.15, -0.1) is 11.3 Å². The molecule has 0 spiro atoms. The van der Waals surface area contributed by atoms with Gasteiger partial charge in [0.15, 0.2) is 0 Å². The topological polar surface area (TPSA) is 175 Å². The number of aryl methyl sites for hydroxylation is 2. The summed E-state index contributed by atoms with van der Waals surface area (Å²) < 4.78 is 0. The lowest BCUT2D eigenvalue weighted by Gasteiger charge is -2.13. The minimum atomic E-state index is -1.26. The van der Waals surface area contributed by atoms with Crippen LogP contribution >= 0.6 is 11.3 Å². The molecule has 6 N–H and O–H groups in total. The van der Waals surface area contributed by atoms with Crippen LogP contribution in [-0.4, -0.2) is 44.1 Å². The van der Waals surface area contributed by atoms with Gasteiger partial charge in [-0.3, -0.25) is 19.4 Å². The zero-order valence-electron chi connectivity index (χ0n) is 20.5. The van der Waals surface area contributed by atoms with Crippen molar-refractivity contribution >= 4 is 45.3 Å². The second-order valence-corrected chi connectivity index (χ2v) is 10.1. The van der Waals surface area contributed by atoms with Gasteiger partial charge in [-0.05, 0) is 55.9 Å². The summed E-state index contributed by atoms with van der Waals surface area (Å²) in [6.45, 7) is 0. The number of nitrogens with two attached hydrogens (primary N) is 1. The minimum Gasteiger partial charge on any atom is -0.481 e. The number of aromatic amines is 1.